The zero-order chi connectivity index (χ0) is 12.5. The van der Waals surface area contributed by atoms with Crippen molar-refractivity contribution < 1.29 is 0 Å². The van der Waals surface area contributed by atoms with Gasteiger partial charge >= 0.3 is 0 Å². The molecule has 1 heterocycles. The second-order valence-corrected chi connectivity index (χ2v) is 4.26. The Morgan fingerprint density at radius 1 is 0.944 bits per heavy atom. The maximum Gasteiger partial charge on any atom is 0.197 e. The summed E-state index contributed by atoms with van der Waals surface area (Å²) in [6, 6.07) is 15.4. The Hall–Kier alpha value is -2.35. The van der Waals surface area contributed by atoms with Gasteiger partial charge < -0.3 is 4.57 Å². The summed E-state index contributed by atoms with van der Waals surface area (Å²) in [7, 11) is 0. The first-order valence-corrected chi connectivity index (χ1v) is 5.94. The molecule has 0 radical (unpaired) electrons. The minimum absolute atomic E-state index is 0.0986. The van der Waals surface area contributed by atoms with Gasteiger partial charge in [0.25, 0.3) is 0 Å². The summed E-state index contributed by atoms with van der Waals surface area (Å²) in [5, 5.41) is 1.52. The number of nitrogens with zero attached hydrogens (tertiary/aromatic N) is 1. The fourth-order valence-corrected chi connectivity index (χ4v) is 2.40. The number of benzene rings is 2. The average molecular weight is 235 g/mol. The Balaban J connectivity index is 2.62. The van der Waals surface area contributed by atoms with Gasteiger partial charge in [0.1, 0.15) is 0 Å². The molecule has 0 saturated heterocycles. The molecule has 0 amide bonds. The highest BCUT2D eigenvalue weighted by Crippen LogP contribution is 2.18. The minimum atomic E-state index is 0.0986. The molecule has 88 valence electrons. The maximum atomic E-state index is 12.4. The molecule has 2 aromatic carbocycles. The highest BCUT2D eigenvalue weighted by atomic mass is 16.1. The fraction of sp³-hybridized carbons (Fsp3) is 0.0625. The van der Waals surface area contributed by atoms with Gasteiger partial charge in [0.2, 0.25) is 0 Å². The highest BCUT2D eigenvalue weighted by Gasteiger charge is 2.08. The van der Waals surface area contributed by atoms with Gasteiger partial charge in [-0.25, -0.2) is 0 Å². The van der Waals surface area contributed by atoms with Crippen molar-refractivity contribution in [1.29, 1.82) is 0 Å². The predicted molar refractivity (Wildman–Crippen MR) is 75.9 cm³/mol. The van der Waals surface area contributed by atoms with Crippen molar-refractivity contribution >= 4 is 21.8 Å². The predicted octanol–water partition coefficient (Wildman–Crippen LogP) is 3.34. The highest BCUT2D eigenvalue weighted by molar-refractivity contribution is 5.93. The number of hydrogen-bond acceptors (Lipinski definition) is 1. The molecule has 18 heavy (non-hydrogen) atoms. The number of hydrogen-bond donors (Lipinski definition) is 0. The van der Waals surface area contributed by atoms with Crippen molar-refractivity contribution in [1.82, 2.24) is 4.57 Å². The van der Waals surface area contributed by atoms with Crippen molar-refractivity contribution in [3.8, 4) is 0 Å². The van der Waals surface area contributed by atoms with Crippen LogP contribution in [0.2, 0.25) is 0 Å². The number of fused-ring (bicyclic) bond motifs is 2. The molecular weight excluding hydrogens is 222 g/mol. The SMILES string of the molecule is C=CCn1c2ccccc2c(=O)c2ccccc21. The van der Waals surface area contributed by atoms with Crippen LogP contribution in [0.1, 0.15) is 0 Å². The van der Waals surface area contributed by atoms with E-state index < -0.39 is 0 Å². The molecule has 1 aromatic heterocycles. The van der Waals surface area contributed by atoms with Crippen LogP contribution >= 0.6 is 0 Å². The lowest BCUT2D eigenvalue weighted by Crippen LogP contribution is -2.10. The van der Waals surface area contributed by atoms with Crippen LogP contribution in [0.25, 0.3) is 21.8 Å². The Labute approximate surface area is 105 Å². The lowest BCUT2D eigenvalue weighted by Gasteiger charge is -2.12. The van der Waals surface area contributed by atoms with Gasteiger partial charge in [-0.05, 0) is 24.3 Å². The summed E-state index contributed by atoms with van der Waals surface area (Å²) in [6.07, 6.45) is 1.85. The summed E-state index contributed by atoms with van der Waals surface area (Å²) < 4.78 is 2.12. The molecule has 0 spiro atoms. The number of para-hydroxylation sites is 2. The summed E-state index contributed by atoms with van der Waals surface area (Å²) in [6.45, 7) is 4.49. The Bertz CT molecular complexity index is 739. The first-order valence-electron chi connectivity index (χ1n) is 5.94. The van der Waals surface area contributed by atoms with Crippen LogP contribution in [-0.4, -0.2) is 4.57 Å². The number of rotatable bonds is 2. The third-order valence-corrected chi connectivity index (χ3v) is 3.19. The van der Waals surface area contributed by atoms with E-state index in [-0.39, 0.29) is 5.43 Å². The largest absolute Gasteiger partial charge is 0.336 e. The van der Waals surface area contributed by atoms with Crippen molar-refractivity contribution in [2.45, 2.75) is 6.54 Å². The van der Waals surface area contributed by atoms with Crippen LogP contribution in [0.4, 0.5) is 0 Å². The normalized spacial score (nSPS) is 10.9. The molecule has 3 aromatic rings. The molecule has 0 aliphatic heterocycles. The summed E-state index contributed by atoms with van der Waals surface area (Å²) in [4.78, 5) is 12.4. The molecule has 0 fully saturated rings. The van der Waals surface area contributed by atoms with Crippen LogP contribution in [0.5, 0.6) is 0 Å². The van der Waals surface area contributed by atoms with Crippen LogP contribution in [0, 0.1) is 0 Å². The van der Waals surface area contributed by atoms with Crippen molar-refractivity contribution in [2.75, 3.05) is 0 Å². The minimum Gasteiger partial charge on any atom is -0.336 e. The monoisotopic (exact) mass is 235 g/mol. The molecule has 2 nitrogen and oxygen atoms in total. The van der Waals surface area contributed by atoms with Gasteiger partial charge in [-0.2, -0.15) is 0 Å². The third-order valence-electron chi connectivity index (χ3n) is 3.19. The molecule has 0 N–H and O–H groups in total. The molecule has 0 aliphatic carbocycles. The van der Waals surface area contributed by atoms with Crippen LogP contribution in [-0.2, 0) is 6.54 Å². The Morgan fingerprint density at radius 3 is 1.94 bits per heavy atom. The quantitative estimate of drug-likeness (QED) is 0.493. The third kappa shape index (κ3) is 1.46. The van der Waals surface area contributed by atoms with Crippen LogP contribution in [0.15, 0.2) is 66.0 Å². The van der Waals surface area contributed by atoms with E-state index >= 15 is 0 Å². The van der Waals surface area contributed by atoms with Crippen molar-refractivity contribution in [3.63, 3.8) is 0 Å². The average Bonchev–Trinajstić information content (AvgIpc) is 2.43. The molecule has 0 bridgehead atoms. The first-order chi connectivity index (χ1) is 8.83. The lowest BCUT2D eigenvalue weighted by molar-refractivity contribution is 0.893. The van der Waals surface area contributed by atoms with E-state index in [1.54, 1.807) is 0 Å². The van der Waals surface area contributed by atoms with E-state index in [1.165, 1.54) is 0 Å². The zero-order valence-electron chi connectivity index (χ0n) is 9.97. The summed E-state index contributed by atoms with van der Waals surface area (Å²) in [5.41, 5.74) is 2.02. The number of pyridine rings is 1. The van der Waals surface area contributed by atoms with Crippen molar-refractivity contribution in [2.24, 2.45) is 0 Å². The van der Waals surface area contributed by atoms with Gasteiger partial charge in [-0.15, -0.1) is 6.58 Å². The van der Waals surface area contributed by atoms with E-state index in [9.17, 15) is 4.79 Å². The van der Waals surface area contributed by atoms with E-state index in [0.717, 1.165) is 21.8 Å². The molecule has 2 heteroatoms. The molecule has 0 unspecified atom stereocenters. The summed E-state index contributed by atoms with van der Waals surface area (Å²) in [5.74, 6) is 0. The fourth-order valence-electron chi connectivity index (χ4n) is 2.40. The second kappa shape index (κ2) is 4.15. The van der Waals surface area contributed by atoms with Gasteiger partial charge in [-0.1, -0.05) is 30.3 Å². The summed E-state index contributed by atoms with van der Waals surface area (Å²) >= 11 is 0. The molecule has 0 aliphatic rings. The second-order valence-electron chi connectivity index (χ2n) is 4.26. The number of allylic oxidation sites excluding steroid dienone is 1. The molecular formula is C16H13NO. The van der Waals surface area contributed by atoms with Crippen molar-refractivity contribution in [3.05, 3.63) is 71.4 Å². The van der Waals surface area contributed by atoms with E-state index in [2.05, 4.69) is 11.1 Å². The van der Waals surface area contributed by atoms with Gasteiger partial charge in [0.15, 0.2) is 5.43 Å². The van der Waals surface area contributed by atoms with E-state index in [4.69, 9.17) is 0 Å². The lowest BCUT2D eigenvalue weighted by atomic mass is 10.1. The Morgan fingerprint density at radius 2 is 1.44 bits per heavy atom. The topological polar surface area (TPSA) is 22.0 Å². The molecule has 0 atom stereocenters. The van der Waals surface area contributed by atoms with E-state index in [1.807, 2.05) is 54.6 Å². The van der Waals surface area contributed by atoms with Crippen LogP contribution in [0.3, 0.4) is 0 Å². The van der Waals surface area contributed by atoms with Gasteiger partial charge in [0.05, 0.1) is 11.0 Å². The van der Waals surface area contributed by atoms with Gasteiger partial charge in [-0.3, -0.25) is 4.79 Å². The first kappa shape index (κ1) is 10.8. The molecule has 0 saturated carbocycles. The van der Waals surface area contributed by atoms with E-state index in [0.29, 0.717) is 6.54 Å². The smallest absolute Gasteiger partial charge is 0.197 e. The standard InChI is InChI=1S/C16H13NO/c1-2-11-17-14-9-5-3-7-12(14)16(18)13-8-4-6-10-15(13)17/h2-10H,1,11H2. The number of aromatic nitrogens is 1. The van der Waals surface area contributed by atoms with Gasteiger partial charge in [0, 0.05) is 17.3 Å². The zero-order valence-corrected chi connectivity index (χ0v) is 9.97. The maximum absolute atomic E-state index is 12.4. The van der Waals surface area contributed by atoms with Crippen LogP contribution < -0.4 is 5.43 Å². The molecule has 3 rings (SSSR count). The Kier molecular flexibility index (Phi) is 2.49.